The second-order valence-electron chi connectivity index (χ2n) is 7.92. The SMILES string of the molecule is CCOc1c(Br)cc(/C=N\N2C(=O)[C@H]3[C@H](C2=O)[C@H]2C=C[C@H]3C23CC3)cc1OC. The Labute approximate surface area is 171 Å². The molecule has 1 aliphatic heterocycles. The number of hydrogen-bond donors (Lipinski definition) is 0. The van der Waals surface area contributed by atoms with Crippen LogP contribution in [0.3, 0.4) is 0 Å². The van der Waals surface area contributed by atoms with E-state index in [9.17, 15) is 9.59 Å². The Morgan fingerprint density at radius 1 is 1.21 bits per heavy atom. The van der Waals surface area contributed by atoms with Gasteiger partial charge in [0.2, 0.25) is 0 Å². The van der Waals surface area contributed by atoms with Gasteiger partial charge in [0.15, 0.2) is 11.5 Å². The molecule has 7 heteroatoms. The molecule has 2 bridgehead atoms. The Morgan fingerprint density at radius 2 is 1.86 bits per heavy atom. The molecule has 1 saturated heterocycles. The summed E-state index contributed by atoms with van der Waals surface area (Å²) in [5.74, 6) is 0.803. The van der Waals surface area contributed by atoms with E-state index in [2.05, 4.69) is 33.2 Å². The van der Waals surface area contributed by atoms with Crippen LogP contribution in [0.1, 0.15) is 25.3 Å². The van der Waals surface area contributed by atoms with E-state index in [1.807, 2.05) is 13.0 Å². The van der Waals surface area contributed by atoms with Crippen molar-refractivity contribution < 1.29 is 19.1 Å². The topological polar surface area (TPSA) is 68.2 Å². The molecule has 0 radical (unpaired) electrons. The molecule has 146 valence electrons. The van der Waals surface area contributed by atoms with Crippen LogP contribution in [-0.4, -0.2) is 36.8 Å². The molecule has 1 heterocycles. The fourth-order valence-corrected chi connectivity index (χ4v) is 5.97. The molecule has 4 aliphatic rings. The Morgan fingerprint density at radius 3 is 2.39 bits per heavy atom. The fraction of sp³-hybridized carbons (Fsp3) is 0.476. The van der Waals surface area contributed by atoms with Gasteiger partial charge in [0.25, 0.3) is 11.8 Å². The second-order valence-corrected chi connectivity index (χ2v) is 8.78. The standard InChI is InChI=1S/C21H21BrN2O4/c1-3-28-18-14(22)8-11(9-15(18)27-2)10-23-24-19(25)16-12-4-5-13(17(16)20(24)26)21(12)6-7-21/h4-5,8-10,12-13,16-17H,3,6-7H2,1-2H3/b23-10-/t12-,13-,16-,17-/m1/s1. The number of hydrogen-bond acceptors (Lipinski definition) is 5. The first-order valence-corrected chi connectivity index (χ1v) is 10.4. The molecule has 4 atom stereocenters. The lowest BCUT2D eigenvalue weighted by Gasteiger charge is -2.18. The maximum Gasteiger partial charge on any atom is 0.254 e. The molecular weight excluding hydrogens is 424 g/mol. The van der Waals surface area contributed by atoms with Crippen molar-refractivity contribution in [3.8, 4) is 11.5 Å². The van der Waals surface area contributed by atoms with Gasteiger partial charge in [-0.2, -0.15) is 10.1 Å². The molecule has 1 spiro atoms. The third kappa shape index (κ3) is 2.28. The van der Waals surface area contributed by atoms with Crippen LogP contribution in [-0.2, 0) is 9.59 Å². The average molecular weight is 445 g/mol. The number of nitrogens with zero attached hydrogens (tertiary/aromatic N) is 2. The highest BCUT2D eigenvalue weighted by Gasteiger charge is 2.73. The highest BCUT2D eigenvalue weighted by Crippen LogP contribution is 2.73. The summed E-state index contributed by atoms with van der Waals surface area (Å²) in [5, 5.41) is 5.34. The van der Waals surface area contributed by atoms with E-state index in [-0.39, 0.29) is 40.9 Å². The number of carbonyl (C=O) groups is 2. The molecule has 1 aromatic carbocycles. The summed E-state index contributed by atoms with van der Waals surface area (Å²) in [6.07, 6.45) is 8.11. The van der Waals surface area contributed by atoms with Crippen LogP contribution >= 0.6 is 15.9 Å². The average Bonchev–Trinajstić information content (AvgIpc) is 3.28. The van der Waals surface area contributed by atoms with Gasteiger partial charge in [-0.3, -0.25) is 9.59 Å². The van der Waals surface area contributed by atoms with Crippen molar-refractivity contribution in [1.82, 2.24) is 5.01 Å². The predicted molar refractivity (Wildman–Crippen MR) is 106 cm³/mol. The van der Waals surface area contributed by atoms with E-state index in [4.69, 9.17) is 9.47 Å². The molecule has 2 amide bonds. The maximum absolute atomic E-state index is 13.0. The lowest BCUT2D eigenvalue weighted by atomic mass is 9.85. The maximum atomic E-state index is 13.0. The zero-order chi connectivity index (χ0) is 19.6. The smallest absolute Gasteiger partial charge is 0.254 e. The van der Waals surface area contributed by atoms with Crippen LogP contribution in [0.25, 0.3) is 0 Å². The number of methoxy groups -OCH3 is 1. The Bertz CT molecular complexity index is 903. The van der Waals surface area contributed by atoms with Gasteiger partial charge >= 0.3 is 0 Å². The summed E-state index contributed by atoms with van der Waals surface area (Å²) in [5.41, 5.74) is 0.911. The van der Waals surface area contributed by atoms with E-state index < -0.39 is 0 Å². The quantitative estimate of drug-likeness (QED) is 0.396. The van der Waals surface area contributed by atoms with E-state index in [0.717, 1.165) is 22.3 Å². The number of carbonyl (C=O) groups excluding carboxylic acids is 2. The van der Waals surface area contributed by atoms with E-state index in [1.54, 1.807) is 13.2 Å². The van der Waals surface area contributed by atoms with Crippen molar-refractivity contribution in [3.05, 3.63) is 34.3 Å². The number of ether oxygens (including phenoxy) is 2. The number of allylic oxidation sites excluding steroid dienone is 2. The monoisotopic (exact) mass is 444 g/mol. The van der Waals surface area contributed by atoms with Gasteiger partial charge in [-0.05, 0) is 70.6 Å². The Kier molecular flexibility index (Phi) is 3.95. The Balaban J connectivity index is 1.40. The summed E-state index contributed by atoms with van der Waals surface area (Å²) >= 11 is 3.48. The van der Waals surface area contributed by atoms with Crippen molar-refractivity contribution in [1.29, 1.82) is 0 Å². The second kappa shape index (κ2) is 6.17. The number of imide groups is 1. The Hall–Kier alpha value is -2.15. The number of fused-ring (bicyclic) bond motifs is 3. The largest absolute Gasteiger partial charge is 0.493 e. The summed E-state index contributed by atoms with van der Waals surface area (Å²) < 4.78 is 11.7. The number of hydrazone groups is 1. The molecule has 3 fully saturated rings. The lowest BCUT2D eigenvalue weighted by Crippen LogP contribution is -2.30. The zero-order valence-electron chi connectivity index (χ0n) is 15.7. The van der Waals surface area contributed by atoms with E-state index in [0.29, 0.717) is 23.7 Å². The van der Waals surface area contributed by atoms with Gasteiger partial charge in [-0.15, -0.1) is 0 Å². The summed E-state index contributed by atoms with van der Waals surface area (Å²) in [6, 6.07) is 3.60. The van der Waals surface area contributed by atoms with Crippen molar-refractivity contribution in [3.63, 3.8) is 0 Å². The first-order chi connectivity index (χ1) is 13.5. The van der Waals surface area contributed by atoms with E-state index >= 15 is 0 Å². The fourth-order valence-electron chi connectivity index (χ4n) is 5.40. The van der Waals surface area contributed by atoms with Crippen LogP contribution in [0.5, 0.6) is 11.5 Å². The predicted octanol–water partition coefficient (Wildman–Crippen LogP) is 3.39. The number of rotatable bonds is 5. The van der Waals surface area contributed by atoms with Gasteiger partial charge in [-0.25, -0.2) is 0 Å². The minimum absolute atomic E-state index is 0.161. The van der Waals surface area contributed by atoms with Crippen LogP contribution in [0.15, 0.2) is 33.9 Å². The minimum atomic E-state index is -0.233. The normalized spacial score (nSPS) is 31.3. The van der Waals surface area contributed by atoms with E-state index in [1.165, 1.54) is 6.21 Å². The van der Waals surface area contributed by atoms with Gasteiger partial charge in [-0.1, -0.05) is 12.2 Å². The third-order valence-corrected chi connectivity index (χ3v) is 7.28. The molecule has 6 nitrogen and oxygen atoms in total. The molecule has 0 aromatic heterocycles. The van der Waals surface area contributed by atoms with Crippen molar-refractivity contribution in [2.24, 2.45) is 34.2 Å². The molecule has 1 aromatic rings. The molecule has 28 heavy (non-hydrogen) atoms. The van der Waals surface area contributed by atoms with Gasteiger partial charge < -0.3 is 9.47 Å². The van der Waals surface area contributed by atoms with Crippen LogP contribution in [0, 0.1) is 29.1 Å². The molecule has 2 saturated carbocycles. The summed E-state index contributed by atoms with van der Waals surface area (Å²) in [7, 11) is 1.57. The van der Waals surface area contributed by atoms with Crippen molar-refractivity contribution in [2.45, 2.75) is 19.8 Å². The molecule has 3 aliphatic carbocycles. The summed E-state index contributed by atoms with van der Waals surface area (Å²) in [4.78, 5) is 25.9. The zero-order valence-corrected chi connectivity index (χ0v) is 17.3. The van der Waals surface area contributed by atoms with Crippen LogP contribution in [0.2, 0.25) is 0 Å². The molecule has 0 unspecified atom stereocenters. The number of amides is 2. The van der Waals surface area contributed by atoms with Gasteiger partial charge in [0.05, 0.1) is 36.2 Å². The molecule has 0 N–H and O–H groups in total. The van der Waals surface area contributed by atoms with Gasteiger partial charge in [0.1, 0.15) is 0 Å². The van der Waals surface area contributed by atoms with Crippen LogP contribution < -0.4 is 9.47 Å². The van der Waals surface area contributed by atoms with Gasteiger partial charge in [0, 0.05) is 0 Å². The molecular formula is C21H21BrN2O4. The van der Waals surface area contributed by atoms with Crippen molar-refractivity contribution in [2.75, 3.05) is 13.7 Å². The number of halogens is 1. The van der Waals surface area contributed by atoms with Crippen molar-refractivity contribution >= 4 is 34.0 Å². The minimum Gasteiger partial charge on any atom is -0.493 e. The first-order valence-electron chi connectivity index (χ1n) is 9.62. The number of benzene rings is 1. The lowest BCUT2D eigenvalue weighted by molar-refractivity contribution is -0.141. The molecule has 5 rings (SSSR count). The highest BCUT2D eigenvalue weighted by atomic mass is 79.9. The summed E-state index contributed by atoms with van der Waals surface area (Å²) in [6.45, 7) is 2.41. The first kappa shape index (κ1) is 17.9. The van der Waals surface area contributed by atoms with Crippen LogP contribution in [0.4, 0.5) is 0 Å². The third-order valence-electron chi connectivity index (χ3n) is 6.69. The highest BCUT2D eigenvalue weighted by molar-refractivity contribution is 9.10.